The first kappa shape index (κ1) is 15.1. The lowest BCUT2D eigenvalue weighted by Gasteiger charge is -2.13. The van der Waals surface area contributed by atoms with Gasteiger partial charge in [0.2, 0.25) is 0 Å². The third-order valence-electron chi connectivity index (χ3n) is 3.58. The summed E-state index contributed by atoms with van der Waals surface area (Å²) >= 11 is 1.41. The van der Waals surface area contributed by atoms with Gasteiger partial charge in [0.05, 0.1) is 17.7 Å². The molecule has 0 bridgehead atoms. The van der Waals surface area contributed by atoms with E-state index in [1.807, 2.05) is 13.8 Å². The number of ether oxygens (including phenoxy) is 1. The minimum Gasteiger partial charge on any atom is -0.492 e. The van der Waals surface area contributed by atoms with Crippen molar-refractivity contribution in [1.82, 2.24) is 4.90 Å². The first-order valence-electron chi connectivity index (χ1n) is 6.89. The van der Waals surface area contributed by atoms with Crippen molar-refractivity contribution in [2.24, 2.45) is 5.92 Å². The number of carbonyl (C=O) groups is 1. The minimum atomic E-state index is -0.0638. The van der Waals surface area contributed by atoms with Gasteiger partial charge in [-0.2, -0.15) is 0 Å². The number of carbonyl (C=O) groups excluding carboxylic acids is 1. The summed E-state index contributed by atoms with van der Waals surface area (Å²) in [5, 5.41) is 4.34. The fourth-order valence-electron chi connectivity index (χ4n) is 2.41. The number of nitrogens with two attached hydrogens (primary N) is 1. The van der Waals surface area contributed by atoms with Gasteiger partial charge in [-0.1, -0.05) is 13.8 Å². The van der Waals surface area contributed by atoms with Gasteiger partial charge in [-0.3, -0.25) is 4.79 Å². The Morgan fingerprint density at radius 2 is 2.25 bits per heavy atom. The molecule has 0 spiro atoms. The number of Topliss-reactive ketones (excluding diaryl/α,β-unsaturated/α-hetero) is 1. The maximum Gasteiger partial charge on any atom is 0.177 e. The fourth-order valence-corrected chi connectivity index (χ4v) is 3.66. The van der Waals surface area contributed by atoms with Crippen molar-refractivity contribution >= 4 is 27.8 Å². The highest BCUT2D eigenvalue weighted by molar-refractivity contribution is 7.19. The second kappa shape index (κ2) is 6.01. The topological polar surface area (TPSA) is 67.6 Å². The van der Waals surface area contributed by atoms with Gasteiger partial charge < -0.3 is 20.7 Å². The Hall–Kier alpha value is -1.27. The van der Waals surface area contributed by atoms with Crippen molar-refractivity contribution in [1.29, 1.82) is 0 Å². The molecule has 1 aliphatic rings. The molecule has 1 aromatic rings. The molecule has 5 nitrogen and oxygen atoms in total. The van der Waals surface area contributed by atoms with E-state index in [-0.39, 0.29) is 11.7 Å². The molecule has 3 N–H and O–H groups in total. The zero-order valence-corrected chi connectivity index (χ0v) is 13.3. The van der Waals surface area contributed by atoms with Crippen molar-refractivity contribution in [3.63, 3.8) is 0 Å². The first-order valence-corrected chi connectivity index (χ1v) is 7.71. The second-order valence-electron chi connectivity index (χ2n) is 5.62. The molecule has 2 rings (SSSR count). The van der Waals surface area contributed by atoms with Crippen molar-refractivity contribution in [3.8, 4) is 5.75 Å². The number of likely N-dealkylation sites (N-methyl/N-ethyl adjacent to an activating group) is 1. The van der Waals surface area contributed by atoms with Crippen LogP contribution in [0, 0.1) is 5.92 Å². The van der Waals surface area contributed by atoms with E-state index in [4.69, 9.17) is 10.5 Å². The molecule has 1 atom stereocenters. The number of nitrogens with zero attached hydrogens (tertiary/aromatic N) is 1. The minimum absolute atomic E-state index is 0.0638. The maximum absolute atomic E-state index is 12.2. The second-order valence-corrected chi connectivity index (χ2v) is 6.64. The van der Waals surface area contributed by atoms with Crippen LogP contribution in [0.25, 0.3) is 0 Å². The van der Waals surface area contributed by atoms with Crippen LogP contribution in [-0.2, 0) is 0 Å². The standard InChI is InChI=1S/C14H23N3O2S/c1-8(2)11(18)13-10(15)12(19-4)14(20-13)16-9-5-6-17(3)7-9/h8-9,16H,5-7,15H2,1-4H3. The van der Waals surface area contributed by atoms with E-state index in [2.05, 4.69) is 17.3 Å². The molecule has 6 heteroatoms. The van der Waals surface area contributed by atoms with E-state index in [9.17, 15) is 4.79 Å². The SMILES string of the molecule is COc1c(NC2CCN(C)C2)sc(C(=O)C(C)C)c1N. The Morgan fingerprint density at radius 3 is 2.75 bits per heavy atom. The number of thiophene rings is 1. The van der Waals surface area contributed by atoms with Crippen LogP contribution >= 0.6 is 11.3 Å². The molecule has 2 heterocycles. The van der Waals surface area contributed by atoms with Crippen LogP contribution < -0.4 is 15.8 Å². The van der Waals surface area contributed by atoms with Gasteiger partial charge in [0.1, 0.15) is 5.00 Å². The normalized spacial score (nSPS) is 19.6. The van der Waals surface area contributed by atoms with Gasteiger partial charge >= 0.3 is 0 Å². The van der Waals surface area contributed by atoms with Gasteiger partial charge in [-0.05, 0) is 20.0 Å². The molecular weight excluding hydrogens is 274 g/mol. The Morgan fingerprint density at radius 1 is 1.55 bits per heavy atom. The van der Waals surface area contributed by atoms with E-state index in [0.29, 0.717) is 22.4 Å². The van der Waals surface area contributed by atoms with Crippen molar-refractivity contribution in [2.75, 3.05) is 38.3 Å². The van der Waals surface area contributed by atoms with E-state index < -0.39 is 0 Å². The molecule has 0 radical (unpaired) electrons. The largest absolute Gasteiger partial charge is 0.492 e. The summed E-state index contributed by atoms with van der Waals surface area (Å²) in [5.74, 6) is 0.613. The number of rotatable bonds is 5. The lowest BCUT2D eigenvalue weighted by Crippen LogP contribution is -2.23. The molecule has 0 amide bonds. The Bertz CT molecular complexity index is 499. The third-order valence-corrected chi connectivity index (χ3v) is 4.71. The summed E-state index contributed by atoms with van der Waals surface area (Å²) in [7, 11) is 3.70. The molecule has 1 saturated heterocycles. The number of anilines is 2. The molecule has 1 aromatic heterocycles. The summed E-state index contributed by atoms with van der Waals surface area (Å²) in [5.41, 5.74) is 6.53. The molecule has 112 valence electrons. The molecule has 20 heavy (non-hydrogen) atoms. The van der Waals surface area contributed by atoms with E-state index >= 15 is 0 Å². The predicted molar refractivity (Wildman–Crippen MR) is 84.0 cm³/mol. The van der Waals surface area contributed by atoms with Gasteiger partial charge in [-0.25, -0.2) is 0 Å². The van der Waals surface area contributed by atoms with Crippen LogP contribution in [0.5, 0.6) is 5.75 Å². The Balaban J connectivity index is 2.24. The van der Waals surface area contributed by atoms with Crippen LogP contribution in [0.3, 0.4) is 0 Å². The fraction of sp³-hybridized carbons (Fsp3) is 0.643. The van der Waals surface area contributed by atoms with E-state index in [0.717, 1.165) is 24.5 Å². The predicted octanol–water partition coefficient (Wildman–Crippen LogP) is 2.29. The van der Waals surface area contributed by atoms with Gasteiger partial charge in [0.25, 0.3) is 0 Å². The van der Waals surface area contributed by atoms with Gasteiger partial charge in [-0.15, -0.1) is 11.3 Å². The quantitative estimate of drug-likeness (QED) is 0.816. The van der Waals surface area contributed by atoms with E-state index in [1.54, 1.807) is 7.11 Å². The summed E-state index contributed by atoms with van der Waals surface area (Å²) in [6, 6.07) is 0.383. The van der Waals surface area contributed by atoms with Crippen molar-refractivity contribution < 1.29 is 9.53 Å². The van der Waals surface area contributed by atoms with Gasteiger partial charge in [0, 0.05) is 18.5 Å². The molecule has 1 aliphatic heterocycles. The molecule has 0 saturated carbocycles. The van der Waals surface area contributed by atoms with Crippen LogP contribution in [0.1, 0.15) is 29.9 Å². The summed E-state index contributed by atoms with van der Waals surface area (Å²) in [4.78, 5) is 15.1. The zero-order valence-electron chi connectivity index (χ0n) is 12.5. The Kier molecular flexibility index (Phi) is 4.55. The van der Waals surface area contributed by atoms with Crippen LogP contribution in [-0.4, -0.2) is 44.0 Å². The Labute approximate surface area is 124 Å². The molecule has 1 unspecified atom stereocenters. The zero-order chi connectivity index (χ0) is 14.9. The highest BCUT2D eigenvalue weighted by Gasteiger charge is 2.26. The van der Waals surface area contributed by atoms with Gasteiger partial charge in [0.15, 0.2) is 11.5 Å². The first-order chi connectivity index (χ1) is 9.43. The lowest BCUT2D eigenvalue weighted by molar-refractivity contribution is 0.0944. The summed E-state index contributed by atoms with van der Waals surface area (Å²) < 4.78 is 5.38. The maximum atomic E-state index is 12.2. The molecule has 0 aliphatic carbocycles. The number of nitrogen functional groups attached to an aromatic ring is 1. The number of methoxy groups -OCH3 is 1. The number of nitrogens with one attached hydrogen (secondary N) is 1. The van der Waals surface area contributed by atoms with Crippen molar-refractivity contribution in [2.45, 2.75) is 26.3 Å². The van der Waals surface area contributed by atoms with Crippen molar-refractivity contribution in [3.05, 3.63) is 4.88 Å². The lowest BCUT2D eigenvalue weighted by atomic mass is 10.1. The number of likely N-dealkylation sites (tertiary alicyclic amines) is 1. The summed E-state index contributed by atoms with van der Waals surface area (Å²) in [6.45, 7) is 5.84. The van der Waals surface area contributed by atoms with Crippen LogP contribution in [0.15, 0.2) is 0 Å². The van der Waals surface area contributed by atoms with E-state index in [1.165, 1.54) is 11.3 Å². The summed E-state index contributed by atoms with van der Waals surface area (Å²) in [6.07, 6.45) is 1.09. The number of hydrogen-bond donors (Lipinski definition) is 2. The highest BCUT2D eigenvalue weighted by atomic mass is 32.1. The highest BCUT2D eigenvalue weighted by Crippen LogP contribution is 2.44. The van der Waals surface area contributed by atoms with Crippen LogP contribution in [0.2, 0.25) is 0 Å². The third kappa shape index (κ3) is 2.91. The molecular formula is C14H23N3O2S. The average molecular weight is 297 g/mol. The molecule has 0 aromatic carbocycles. The molecule has 1 fully saturated rings. The smallest absolute Gasteiger partial charge is 0.177 e. The number of hydrogen-bond acceptors (Lipinski definition) is 6. The monoisotopic (exact) mass is 297 g/mol. The average Bonchev–Trinajstić information content (AvgIpc) is 2.93. The number of ketones is 1. The van der Waals surface area contributed by atoms with Crippen LogP contribution in [0.4, 0.5) is 10.7 Å².